The summed E-state index contributed by atoms with van der Waals surface area (Å²) in [6.07, 6.45) is -3.71. The van der Waals surface area contributed by atoms with Crippen LogP contribution in [-0.4, -0.2) is 5.91 Å². The Morgan fingerprint density at radius 1 is 1.05 bits per heavy atom. The summed E-state index contributed by atoms with van der Waals surface area (Å²) in [7, 11) is 0. The predicted octanol–water partition coefficient (Wildman–Crippen LogP) is 3.86. The number of hydrogen-bond acceptors (Lipinski definition) is 2. The number of carbonyl (C=O) groups is 1. The summed E-state index contributed by atoms with van der Waals surface area (Å²) < 4.78 is 37.3. The lowest BCUT2D eigenvalue weighted by Crippen LogP contribution is -2.13. The highest BCUT2D eigenvalue weighted by molar-refractivity contribution is 5.90. The van der Waals surface area contributed by atoms with E-state index in [1.54, 1.807) is 12.1 Å². The second kappa shape index (κ2) is 6.51. The molecule has 0 atom stereocenters. The summed E-state index contributed by atoms with van der Waals surface area (Å²) in [6, 6.07) is 11.6. The second-order valence-corrected chi connectivity index (χ2v) is 4.82. The minimum atomic E-state index is -4.38. The summed E-state index contributed by atoms with van der Waals surface area (Å²) in [5.41, 5.74) is 6.84. The zero-order valence-electron chi connectivity index (χ0n) is 11.7. The Balaban J connectivity index is 1.91. The molecule has 2 rings (SSSR count). The van der Waals surface area contributed by atoms with Gasteiger partial charge in [-0.1, -0.05) is 18.2 Å². The molecular weight excluding hydrogens is 293 g/mol. The Labute approximate surface area is 125 Å². The van der Waals surface area contributed by atoms with E-state index < -0.39 is 11.7 Å². The molecule has 0 aliphatic heterocycles. The van der Waals surface area contributed by atoms with Crippen molar-refractivity contribution < 1.29 is 18.0 Å². The minimum Gasteiger partial charge on any atom is -0.399 e. The van der Waals surface area contributed by atoms with E-state index in [4.69, 9.17) is 5.73 Å². The number of rotatable bonds is 4. The van der Waals surface area contributed by atoms with Crippen molar-refractivity contribution in [2.75, 3.05) is 11.1 Å². The van der Waals surface area contributed by atoms with Gasteiger partial charge in [0.1, 0.15) is 0 Å². The molecule has 0 spiro atoms. The number of carbonyl (C=O) groups excluding carboxylic acids is 1. The van der Waals surface area contributed by atoms with Gasteiger partial charge >= 0.3 is 6.18 Å². The Bertz CT molecular complexity index is 651. The number of nitrogens with two attached hydrogens (primary N) is 1. The van der Waals surface area contributed by atoms with Crippen LogP contribution in [0.2, 0.25) is 0 Å². The summed E-state index contributed by atoms with van der Waals surface area (Å²) in [5.74, 6) is -0.275. The van der Waals surface area contributed by atoms with Crippen molar-refractivity contribution >= 4 is 17.3 Å². The Morgan fingerprint density at radius 3 is 2.27 bits per heavy atom. The molecule has 116 valence electrons. The van der Waals surface area contributed by atoms with Gasteiger partial charge in [0.25, 0.3) is 0 Å². The van der Waals surface area contributed by atoms with E-state index in [0.29, 0.717) is 17.8 Å². The van der Waals surface area contributed by atoms with Gasteiger partial charge in [-0.15, -0.1) is 0 Å². The van der Waals surface area contributed by atoms with Gasteiger partial charge in [-0.2, -0.15) is 13.2 Å². The van der Waals surface area contributed by atoms with Crippen LogP contribution in [0.15, 0.2) is 48.5 Å². The van der Waals surface area contributed by atoms with Crippen LogP contribution >= 0.6 is 0 Å². The maximum Gasteiger partial charge on any atom is 0.416 e. The quantitative estimate of drug-likeness (QED) is 0.843. The van der Waals surface area contributed by atoms with Crippen LogP contribution in [0.3, 0.4) is 0 Å². The molecule has 0 unspecified atom stereocenters. The van der Waals surface area contributed by atoms with Crippen LogP contribution in [0.25, 0.3) is 0 Å². The summed E-state index contributed by atoms with van der Waals surface area (Å²) in [6.45, 7) is 0. The predicted molar refractivity (Wildman–Crippen MR) is 79.2 cm³/mol. The van der Waals surface area contributed by atoms with E-state index in [2.05, 4.69) is 5.32 Å². The summed E-state index contributed by atoms with van der Waals surface area (Å²) in [5, 5.41) is 2.56. The first kappa shape index (κ1) is 15.9. The molecule has 3 N–H and O–H groups in total. The van der Waals surface area contributed by atoms with Crippen molar-refractivity contribution in [3.05, 3.63) is 59.7 Å². The minimum absolute atomic E-state index is 0.204. The van der Waals surface area contributed by atoms with Gasteiger partial charge in [0.2, 0.25) is 5.91 Å². The average Bonchev–Trinajstić information content (AvgIpc) is 2.46. The van der Waals surface area contributed by atoms with Crippen LogP contribution in [0.5, 0.6) is 0 Å². The number of halogens is 3. The number of para-hydroxylation sites is 1. The van der Waals surface area contributed by atoms with E-state index in [9.17, 15) is 18.0 Å². The first-order chi connectivity index (χ1) is 10.4. The third-order valence-electron chi connectivity index (χ3n) is 3.17. The molecule has 0 saturated carbocycles. The maximum atomic E-state index is 12.4. The number of anilines is 2. The van der Waals surface area contributed by atoms with Crippen LogP contribution in [0.1, 0.15) is 17.5 Å². The van der Waals surface area contributed by atoms with Gasteiger partial charge in [0.05, 0.1) is 5.56 Å². The fraction of sp³-hybridized carbons (Fsp3) is 0.188. The van der Waals surface area contributed by atoms with Crippen LogP contribution in [0.4, 0.5) is 24.5 Å². The van der Waals surface area contributed by atoms with E-state index in [-0.39, 0.29) is 12.3 Å². The summed E-state index contributed by atoms with van der Waals surface area (Å²) in [4.78, 5) is 11.8. The Morgan fingerprint density at radius 2 is 1.68 bits per heavy atom. The van der Waals surface area contributed by atoms with E-state index in [0.717, 1.165) is 17.7 Å². The first-order valence-electron chi connectivity index (χ1n) is 6.67. The largest absolute Gasteiger partial charge is 0.416 e. The molecule has 0 aliphatic carbocycles. The molecular formula is C16H15F3N2O. The third-order valence-corrected chi connectivity index (χ3v) is 3.17. The standard InChI is InChI=1S/C16H15F3N2O/c17-16(18,19)12-6-8-13(9-7-12)21-15(22)10-5-11-3-1-2-4-14(11)20/h1-4,6-9H,5,10,20H2,(H,21,22). The van der Waals surface area contributed by atoms with Gasteiger partial charge in [0.15, 0.2) is 0 Å². The van der Waals surface area contributed by atoms with Crippen molar-refractivity contribution in [2.24, 2.45) is 0 Å². The molecule has 2 aromatic carbocycles. The fourth-order valence-electron chi connectivity index (χ4n) is 1.98. The monoisotopic (exact) mass is 308 g/mol. The second-order valence-electron chi connectivity index (χ2n) is 4.82. The van der Waals surface area contributed by atoms with Crippen LogP contribution in [-0.2, 0) is 17.4 Å². The maximum absolute atomic E-state index is 12.4. The van der Waals surface area contributed by atoms with Crippen LogP contribution in [0, 0.1) is 0 Å². The van der Waals surface area contributed by atoms with Crippen molar-refractivity contribution in [2.45, 2.75) is 19.0 Å². The lowest BCUT2D eigenvalue weighted by Gasteiger charge is -2.09. The van der Waals surface area contributed by atoms with Gasteiger partial charge < -0.3 is 11.1 Å². The lowest BCUT2D eigenvalue weighted by molar-refractivity contribution is -0.137. The summed E-state index contributed by atoms with van der Waals surface area (Å²) >= 11 is 0. The van der Waals surface area contributed by atoms with Crippen molar-refractivity contribution in [3.63, 3.8) is 0 Å². The highest BCUT2D eigenvalue weighted by atomic mass is 19.4. The molecule has 2 aromatic rings. The number of aryl methyl sites for hydroxylation is 1. The number of nitrogens with one attached hydrogen (secondary N) is 1. The molecule has 0 saturated heterocycles. The topological polar surface area (TPSA) is 55.1 Å². The zero-order valence-corrected chi connectivity index (χ0v) is 11.7. The fourth-order valence-corrected chi connectivity index (χ4v) is 1.98. The molecule has 6 heteroatoms. The van der Waals surface area contributed by atoms with Crippen molar-refractivity contribution in [1.82, 2.24) is 0 Å². The number of benzene rings is 2. The molecule has 0 bridgehead atoms. The van der Waals surface area contributed by atoms with E-state index in [1.165, 1.54) is 12.1 Å². The molecule has 0 heterocycles. The van der Waals surface area contributed by atoms with E-state index >= 15 is 0 Å². The SMILES string of the molecule is Nc1ccccc1CCC(=O)Nc1ccc(C(F)(F)F)cc1. The van der Waals surface area contributed by atoms with Crippen molar-refractivity contribution in [3.8, 4) is 0 Å². The normalized spacial score (nSPS) is 11.2. The van der Waals surface area contributed by atoms with Gasteiger partial charge in [0, 0.05) is 17.8 Å². The third kappa shape index (κ3) is 4.25. The van der Waals surface area contributed by atoms with E-state index in [1.807, 2.05) is 12.1 Å². The Hall–Kier alpha value is -2.50. The molecule has 0 aromatic heterocycles. The van der Waals surface area contributed by atoms with Gasteiger partial charge in [-0.05, 0) is 42.3 Å². The molecule has 1 amide bonds. The highest BCUT2D eigenvalue weighted by Crippen LogP contribution is 2.29. The molecule has 0 aliphatic rings. The number of nitrogen functional groups attached to an aromatic ring is 1. The molecule has 3 nitrogen and oxygen atoms in total. The molecule has 22 heavy (non-hydrogen) atoms. The van der Waals surface area contributed by atoms with Gasteiger partial charge in [-0.3, -0.25) is 4.79 Å². The van der Waals surface area contributed by atoms with Crippen LogP contribution < -0.4 is 11.1 Å². The lowest BCUT2D eigenvalue weighted by atomic mass is 10.1. The molecule has 0 fully saturated rings. The number of amides is 1. The number of alkyl halides is 3. The van der Waals surface area contributed by atoms with Crippen molar-refractivity contribution in [1.29, 1.82) is 0 Å². The van der Waals surface area contributed by atoms with Gasteiger partial charge in [-0.25, -0.2) is 0 Å². The Kier molecular flexibility index (Phi) is 4.70. The number of hydrogen-bond donors (Lipinski definition) is 2. The highest BCUT2D eigenvalue weighted by Gasteiger charge is 2.29. The first-order valence-corrected chi connectivity index (χ1v) is 6.67. The smallest absolute Gasteiger partial charge is 0.399 e. The average molecular weight is 308 g/mol. The zero-order chi connectivity index (χ0) is 16.2. The molecule has 0 radical (unpaired) electrons.